The maximum absolute atomic E-state index is 12.7. The van der Waals surface area contributed by atoms with E-state index in [4.69, 9.17) is 0 Å². The lowest BCUT2D eigenvalue weighted by Gasteiger charge is -2.36. The monoisotopic (exact) mass is 359 g/mol. The van der Waals surface area contributed by atoms with Gasteiger partial charge in [0.1, 0.15) is 0 Å². The third-order valence-corrected chi connectivity index (χ3v) is 5.14. The van der Waals surface area contributed by atoms with Crippen LogP contribution >= 0.6 is 0 Å². The summed E-state index contributed by atoms with van der Waals surface area (Å²) in [6.45, 7) is 9.75. The zero-order chi connectivity index (χ0) is 19.1. The van der Waals surface area contributed by atoms with Crippen molar-refractivity contribution in [3.63, 3.8) is 0 Å². The molecule has 5 heteroatoms. The number of nitrogens with zero attached hydrogens (tertiary/aromatic N) is 3. The van der Waals surface area contributed by atoms with Gasteiger partial charge in [0.15, 0.2) is 0 Å². The molecule has 1 fully saturated rings. The van der Waals surface area contributed by atoms with Gasteiger partial charge in [0.05, 0.1) is 0 Å². The SMILES string of the molecule is CCCC(C)C(=O)N1CCN(C(=O)c2ccc(N(C)CCC)cc2)CC1. The first-order valence-corrected chi connectivity index (χ1v) is 9.87. The summed E-state index contributed by atoms with van der Waals surface area (Å²) >= 11 is 0. The summed E-state index contributed by atoms with van der Waals surface area (Å²) < 4.78 is 0. The number of carbonyl (C=O) groups is 2. The minimum absolute atomic E-state index is 0.0587. The Morgan fingerprint density at radius 2 is 1.58 bits per heavy atom. The van der Waals surface area contributed by atoms with Gasteiger partial charge in [-0.25, -0.2) is 0 Å². The van der Waals surface area contributed by atoms with Crippen molar-refractivity contribution < 1.29 is 9.59 Å². The van der Waals surface area contributed by atoms with E-state index in [1.54, 1.807) is 0 Å². The lowest BCUT2D eigenvalue weighted by atomic mass is 10.0. The van der Waals surface area contributed by atoms with Gasteiger partial charge in [-0.3, -0.25) is 9.59 Å². The summed E-state index contributed by atoms with van der Waals surface area (Å²) in [4.78, 5) is 31.1. The first kappa shape index (κ1) is 20.3. The van der Waals surface area contributed by atoms with E-state index in [1.165, 1.54) is 0 Å². The highest BCUT2D eigenvalue weighted by Crippen LogP contribution is 2.17. The van der Waals surface area contributed by atoms with Gasteiger partial charge in [-0.15, -0.1) is 0 Å². The van der Waals surface area contributed by atoms with Crippen molar-refractivity contribution in [3.8, 4) is 0 Å². The van der Waals surface area contributed by atoms with E-state index in [1.807, 2.05) is 41.0 Å². The second-order valence-corrected chi connectivity index (χ2v) is 7.28. The highest BCUT2D eigenvalue weighted by atomic mass is 16.2. The molecule has 5 nitrogen and oxygen atoms in total. The molecule has 1 atom stereocenters. The van der Waals surface area contributed by atoms with Gasteiger partial charge in [-0.05, 0) is 37.1 Å². The molecule has 0 saturated carbocycles. The van der Waals surface area contributed by atoms with Gasteiger partial charge in [-0.2, -0.15) is 0 Å². The van der Waals surface area contributed by atoms with Crippen molar-refractivity contribution in [2.45, 2.75) is 40.0 Å². The Hall–Kier alpha value is -2.04. The molecule has 1 aliphatic rings. The van der Waals surface area contributed by atoms with E-state index in [9.17, 15) is 9.59 Å². The number of benzene rings is 1. The topological polar surface area (TPSA) is 43.9 Å². The zero-order valence-corrected chi connectivity index (χ0v) is 16.7. The normalized spacial score (nSPS) is 15.7. The standard InChI is InChI=1S/C21H33N3O2/c1-5-7-17(3)20(25)23-13-15-24(16-14-23)21(26)18-8-10-19(11-9-18)22(4)12-6-2/h8-11,17H,5-7,12-16H2,1-4H3. The second kappa shape index (κ2) is 9.60. The average molecular weight is 360 g/mol. The minimum Gasteiger partial charge on any atom is -0.375 e. The molecule has 1 saturated heterocycles. The van der Waals surface area contributed by atoms with E-state index in [-0.39, 0.29) is 17.7 Å². The summed E-state index contributed by atoms with van der Waals surface area (Å²) in [5.74, 6) is 0.362. The molecule has 0 bridgehead atoms. The lowest BCUT2D eigenvalue weighted by Crippen LogP contribution is -2.51. The molecule has 2 rings (SSSR count). The summed E-state index contributed by atoms with van der Waals surface area (Å²) in [6.07, 6.45) is 3.04. The number of amides is 2. The van der Waals surface area contributed by atoms with Crippen molar-refractivity contribution in [2.75, 3.05) is 44.7 Å². The van der Waals surface area contributed by atoms with E-state index in [2.05, 4.69) is 25.8 Å². The van der Waals surface area contributed by atoms with E-state index >= 15 is 0 Å². The van der Waals surface area contributed by atoms with Gasteiger partial charge in [0.2, 0.25) is 5.91 Å². The van der Waals surface area contributed by atoms with Crippen LogP contribution in [0.1, 0.15) is 50.4 Å². The molecule has 1 heterocycles. The quantitative estimate of drug-likeness (QED) is 0.751. The molecular weight excluding hydrogens is 326 g/mol. The van der Waals surface area contributed by atoms with E-state index in [0.29, 0.717) is 26.2 Å². The summed E-state index contributed by atoms with van der Waals surface area (Å²) in [5.41, 5.74) is 1.85. The van der Waals surface area contributed by atoms with Crippen molar-refractivity contribution in [3.05, 3.63) is 29.8 Å². The minimum atomic E-state index is 0.0587. The highest BCUT2D eigenvalue weighted by molar-refractivity contribution is 5.94. The van der Waals surface area contributed by atoms with E-state index in [0.717, 1.165) is 37.1 Å². The van der Waals surface area contributed by atoms with Crippen LogP contribution in [0.3, 0.4) is 0 Å². The van der Waals surface area contributed by atoms with Gasteiger partial charge < -0.3 is 14.7 Å². The van der Waals surface area contributed by atoms with Crippen LogP contribution < -0.4 is 4.90 Å². The predicted molar refractivity (Wildman–Crippen MR) is 107 cm³/mol. The first-order valence-electron chi connectivity index (χ1n) is 9.87. The number of hydrogen-bond acceptors (Lipinski definition) is 3. The third-order valence-electron chi connectivity index (χ3n) is 5.14. The van der Waals surface area contributed by atoms with Crippen LogP contribution in [-0.4, -0.2) is 61.4 Å². The Kier molecular flexibility index (Phi) is 7.49. The smallest absolute Gasteiger partial charge is 0.253 e. The number of anilines is 1. The maximum atomic E-state index is 12.7. The molecule has 0 radical (unpaired) electrons. The van der Waals surface area contributed by atoms with Crippen LogP contribution in [0, 0.1) is 5.92 Å². The zero-order valence-electron chi connectivity index (χ0n) is 16.7. The van der Waals surface area contributed by atoms with Crippen LogP contribution in [0.25, 0.3) is 0 Å². The summed E-state index contributed by atoms with van der Waals surface area (Å²) in [6, 6.07) is 7.83. The van der Waals surface area contributed by atoms with Crippen LogP contribution in [0.4, 0.5) is 5.69 Å². The average Bonchev–Trinajstić information content (AvgIpc) is 2.67. The molecule has 2 amide bonds. The number of piperazine rings is 1. The summed E-state index contributed by atoms with van der Waals surface area (Å²) in [7, 11) is 2.07. The Bertz CT molecular complexity index is 592. The predicted octanol–water partition coefficient (Wildman–Crippen LogP) is 3.25. The molecule has 1 aliphatic heterocycles. The molecule has 1 aromatic rings. The van der Waals surface area contributed by atoms with Crippen LogP contribution in [0.5, 0.6) is 0 Å². The van der Waals surface area contributed by atoms with E-state index < -0.39 is 0 Å². The fourth-order valence-electron chi connectivity index (χ4n) is 3.50. The lowest BCUT2D eigenvalue weighted by molar-refractivity contribution is -0.136. The van der Waals surface area contributed by atoms with Gasteiger partial charge in [0, 0.05) is 56.9 Å². The Morgan fingerprint density at radius 3 is 2.12 bits per heavy atom. The van der Waals surface area contributed by atoms with Gasteiger partial charge in [0.25, 0.3) is 5.91 Å². The third kappa shape index (κ3) is 4.99. The van der Waals surface area contributed by atoms with Gasteiger partial charge >= 0.3 is 0 Å². The van der Waals surface area contributed by atoms with Crippen LogP contribution in [-0.2, 0) is 4.79 Å². The Morgan fingerprint density at radius 1 is 1.00 bits per heavy atom. The fraction of sp³-hybridized carbons (Fsp3) is 0.619. The number of carbonyl (C=O) groups excluding carboxylic acids is 2. The molecule has 26 heavy (non-hydrogen) atoms. The Labute approximate surface area is 158 Å². The molecular formula is C21H33N3O2. The summed E-state index contributed by atoms with van der Waals surface area (Å²) in [5, 5.41) is 0. The molecule has 0 aromatic heterocycles. The van der Waals surface area contributed by atoms with Crippen molar-refractivity contribution in [2.24, 2.45) is 5.92 Å². The molecule has 1 unspecified atom stereocenters. The molecule has 0 spiro atoms. The molecule has 0 N–H and O–H groups in total. The molecule has 0 aliphatic carbocycles. The Balaban J connectivity index is 1.91. The maximum Gasteiger partial charge on any atom is 0.253 e. The van der Waals surface area contributed by atoms with Crippen molar-refractivity contribution >= 4 is 17.5 Å². The van der Waals surface area contributed by atoms with Crippen molar-refractivity contribution in [1.29, 1.82) is 0 Å². The highest BCUT2D eigenvalue weighted by Gasteiger charge is 2.27. The largest absolute Gasteiger partial charge is 0.375 e. The molecule has 1 aromatic carbocycles. The van der Waals surface area contributed by atoms with Crippen LogP contribution in [0.2, 0.25) is 0 Å². The molecule has 144 valence electrons. The van der Waals surface area contributed by atoms with Crippen molar-refractivity contribution in [1.82, 2.24) is 9.80 Å². The van der Waals surface area contributed by atoms with Crippen LogP contribution in [0.15, 0.2) is 24.3 Å². The number of rotatable bonds is 7. The van der Waals surface area contributed by atoms with Gasteiger partial charge in [-0.1, -0.05) is 27.2 Å². The second-order valence-electron chi connectivity index (χ2n) is 7.28. The number of hydrogen-bond donors (Lipinski definition) is 0. The first-order chi connectivity index (χ1) is 12.5. The fourth-order valence-corrected chi connectivity index (χ4v) is 3.50.